The first kappa shape index (κ1) is 14.3. The topological polar surface area (TPSA) is 69.4 Å². The van der Waals surface area contributed by atoms with Crippen LogP contribution in [0.15, 0.2) is 22.6 Å². The molecule has 1 N–H and O–H groups in total. The molecule has 20 heavy (non-hydrogen) atoms. The summed E-state index contributed by atoms with van der Waals surface area (Å²) in [5, 5.41) is 11.3. The first-order chi connectivity index (χ1) is 9.63. The minimum absolute atomic E-state index is 0.358. The van der Waals surface area contributed by atoms with Gasteiger partial charge in [-0.3, -0.25) is 0 Å². The molecular formula is C14H19N3O3. The van der Waals surface area contributed by atoms with Crippen LogP contribution in [0, 0.1) is 0 Å². The highest BCUT2D eigenvalue weighted by Crippen LogP contribution is 2.32. The summed E-state index contributed by atoms with van der Waals surface area (Å²) < 4.78 is 16.2. The largest absolute Gasteiger partial charge is 0.497 e. The van der Waals surface area contributed by atoms with Crippen molar-refractivity contribution in [1.29, 1.82) is 0 Å². The van der Waals surface area contributed by atoms with Gasteiger partial charge in [-0.15, -0.1) is 10.2 Å². The Labute approximate surface area is 118 Å². The first-order valence-corrected chi connectivity index (χ1v) is 6.42. The lowest BCUT2D eigenvalue weighted by atomic mass is 10.2. The maximum Gasteiger partial charge on any atom is 0.251 e. The molecule has 6 nitrogen and oxygen atoms in total. The van der Waals surface area contributed by atoms with Gasteiger partial charge < -0.3 is 19.2 Å². The van der Waals surface area contributed by atoms with Crippen molar-refractivity contribution in [2.24, 2.45) is 0 Å². The van der Waals surface area contributed by atoms with Gasteiger partial charge >= 0.3 is 0 Å². The van der Waals surface area contributed by atoms with Crippen molar-refractivity contribution in [2.45, 2.75) is 26.4 Å². The fourth-order valence-corrected chi connectivity index (χ4v) is 1.71. The van der Waals surface area contributed by atoms with E-state index in [1.165, 1.54) is 0 Å². The fourth-order valence-electron chi connectivity index (χ4n) is 1.71. The molecule has 6 heteroatoms. The molecule has 0 saturated carbocycles. The Balaban J connectivity index is 2.26. The molecule has 2 rings (SSSR count). The second-order valence-corrected chi connectivity index (χ2v) is 4.60. The van der Waals surface area contributed by atoms with Crippen LogP contribution < -0.4 is 14.8 Å². The summed E-state index contributed by atoms with van der Waals surface area (Å²) in [6, 6.07) is 5.80. The Morgan fingerprint density at radius 1 is 1.20 bits per heavy atom. The Hall–Kier alpha value is -2.08. The molecule has 2 aromatic rings. The van der Waals surface area contributed by atoms with Crippen LogP contribution in [0.1, 0.15) is 19.7 Å². The Kier molecular flexibility index (Phi) is 4.57. The van der Waals surface area contributed by atoms with E-state index in [0.29, 0.717) is 35.9 Å². The van der Waals surface area contributed by atoms with Crippen LogP contribution in [0.4, 0.5) is 0 Å². The Morgan fingerprint density at radius 2 is 2.00 bits per heavy atom. The Bertz CT molecular complexity index is 567. The molecule has 0 aliphatic rings. The van der Waals surface area contributed by atoms with Crippen molar-refractivity contribution in [3.05, 3.63) is 24.1 Å². The highest BCUT2D eigenvalue weighted by Gasteiger charge is 2.14. The molecule has 0 saturated heterocycles. The fraction of sp³-hybridized carbons (Fsp3) is 0.429. The number of aromatic nitrogens is 2. The van der Waals surface area contributed by atoms with Crippen molar-refractivity contribution < 1.29 is 13.9 Å². The van der Waals surface area contributed by atoms with Crippen molar-refractivity contribution in [1.82, 2.24) is 15.5 Å². The summed E-state index contributed by atoms with van der Waals surface area (Å²) >= 11 is 0. The van der Waals surface area contributed by atoms with Gasteiger partial charge in [0.1, 0.15) is 11.5 Å². The monoisotopic (exact) mass is 277 g/mol. The zero-order valence-corrected chi connectivity index (χ0v) is 12.1. The Morgan fingerprint density at radius 3 is 2.65 bits per heavy atom. The third kappa shape index (κ3) is 3.27. The third-order valence-electron chi connectivity index (χ3n) is 2.77. The normalized spacial score (nSPS) is 10.8. The molecule has 1 aromatic carbocycles. The highest BCUT2D eigenvalue weighted by atomic mass is 16.5. The van der Waals surface area contributed by atoms with Gasteiger partial charge in [0.2, 0.25) is 5.89 Å². The van der Waals surface area contributed by atoms with Gasteiger partial charge in [-0.25, -0.2) is 0 Å². The third-order valence-corrected chi connectivity index (χ3v) is 2.77. The molecule has 0 radical (unpaired) electrons. The second-order valence-electron chi connectivity index (χ2n) is 4.60. The van der Waals surface area contributed by atoms with E-state index >= 15 is 0 Å². The summed E-state index contributed by atoms with van der Waals surface area (Å²) in [5.74, 6) is 2.33. The van der Waals surface area contributed by atoms with Crippen molar-refractivity contribution >= 4 is 0 Å². The van der Waals surface area contributed by atoms with Crippen molar-refractivity contribution in [2.75, 3.05) is 14.2 Å². The number of benzene rings is 1. The molecule has 0 aliphatic carbocycles. The summed E-state index contributed by atoms with van der Waals surface area (Å²) in [4.78, 5) is 0. The van der Waals surface area contributed by atoms with E-state index in [1.807, 2.05) is 18.2 Å². The molecule has 0 aliphatic heterocycles. The lowest BCUT2D eigenvalue weighted by Crippen LogP contribution is -2.21. The van der Waals surface area contributed by atoms with Crippen molar-refractivity contribution in [3.8, 4) is 23.0 Å². The molecule has 0 atom stereocenters. The number of nitrogens with zero attached hydrogens (tertiary/aromatic N) is 2. The minimum atomic E-state index is 0.358. The summed E-state index contributed by atoms with van der Waals surface area (Å²) in [5.41, 5.74) is 0.718. The van der Waals surface area contributed by atoms with E-state index in [9.17, 15) is 0 Å². The predicted octanol–water partition coefficient (Wildman–Crippen LogP) is 2.25. The van der Waals surface area contributed by atoms with Gasteiger partial charge in [0.15, 0.2) is 0 Å². The van der Waals surface area contributed by atoms with Crippen molar-refractivity contribution in [3.63, 3.8) is 0 Å². The van der Waals surface area contributed by atoms with Gasteiger partial charge in [-0.1, -0.05) is 13.8 Å². The first-order valence-electron chi connectivity index (χ1n) is 6.42. The quantitative estimate of drug-likeness (QED) is 0.873. The maximum absolute atomic E-state index is 5.64. The number of rotatable bonds is 6. The molecule has 0 bridgehead atoms. The van der Waals surface area contributed by atoms with Crippen LogP contribution in [-0.4, -0.2) is 30.5 Å². The zero-order valence-electron chi connectivity index (χ0n) is 12.1. The molecule has 0 spiro atoms. The maximum atomic E-state index is 5.64. The minimum Gasteiger partial charge on any atom is -0.497 e. The smallest absolute Gasteiger partial charge is 0.251 e. The number of hydrogen-bond acceptors (Lipinski definition) is 6. The van der Waals surface area contributed by atoms with Crippen LogP contribution >= 0.6 is 0 Å². The van der Waals surface area contributed by atoms with E-state index in [1.54, 1.807) is 14.2 Å². The number of nitrogens with one attached hydrogen (secondary N) is 1. The molecule has 1 aromatic heterocycles. The van der Waals surface area contributed by atoms with Gasteiger partial charge in [0, 0.05) is 6.04 Å². The number of ether oxygens (including phenoxy) is 2. The standard InChI is InChI=1S/C14H19N3O3/c1-9(2)15-8-13-16-17-14(20-13)11-7-10(18-3)5-6-12(11)19-4/h5-7,9,15H,8H2,1-4H3. The lowest BCUT2D eigenvalue weighted by molar-refractivity contribution is 0.401. The van der Waals surface area contributed by atoms with Crippen LogP contribution in [0.5, 0.6) is 11.5 Å². The molecule has 0 fully saturated rings. The highest BCUT2D eigenvalue weighted by molar-refractivity contribution is 5.64. The molecule has 0 amide bonds. The number of methoxy groups -OCH3 is 2. The van der Waals surface area contributed by atoms with Gasteiger partial charge in [-0.2, -0.15) is 0 Å². The van der Waals surface area contributed by atoms with E-state index in [4.69, 9.17) is 13.9 Å². The van der Waals surface area contributed by atoms with Crippen LogP contribution in [0.25, 0.3) is 11.5 Å². The summed E-state index contributed by atoms with van der Waals surface area (Å²) in [6.07, 6.45) is 0. The van der Waals surface area contributed by atoms with E-state index < -0.39 is 0 Å². The average molecular weight is 277 g/mol. The summed E-state index contributed by atoms with van der Waals surface area (Å²) in [7, 11) is 3.21. The van der Waals surface area contributed by atoms with Crippen LogP contribution in [-0.2, 0) is 6.54 Å². The zero-order chi connectivity index (χ0) is 14.5. The van der Waals surface area contributed by atoms with E-state index in [-0.39, 0.29) is 0 Å². The van der Waals surface area contributed by atoms with E-state index in [2.05, 4.69) is 29.4 Å². The second kappa shape index (κ2) is 6.38. The molecule has 108 valence electrons. The summed E-state index contributed by atoms with van der Waals surface area (Å²) in [6.45, 7) is 4.65. The van der Waals surface area contributed by atoms with Gasteiger partial charge in [0.25, 0.3) is 5.89 Å². The van der Waals surface area contributed by atoms with Crippen LogP contribution in [0.2, 0.25) is 0 Å². The van der Waals surface area contributed by atoms with E-state index in [0.717, 1.165) is 5.56 Å². The lowest BCUT2D eigenvalue weighted by Gasteiger charge is -2.07. The average Bonchev–Trinajstić information content (AvgIpc) is 2.93. The molecule has 1 heterocycles. The van der Waals surface area contributed by atoms with Crippen LogP contribution in [0.3, 0.4) is 0 Å². The molecular weight excluding hydrogens is 258 g/mol. The number of hydrogen-bond donors (Lipinski definition) is 1. The predicted molar refractivity (Wildman–Crippen MR) is 74.8 cm³/mol. The van der Waals surface area contributed by atoms with Gasteiger partial charge in [-0.05, 0) is 18.2 Å². The SMILES string of the molecule is COc1ccc(OC)c(-c2nnc(CNC(C)C)o2)c1. The molecule has 0 unspecified atom stereocenters. The van der Waals surface area contributed by atoms with Gasteiger partial charge in [0.05, 0.1) is 26.3 Å².